The minimum Gasteiger partial charge on any atom is -0.353 e. The molecule has 3 nitrogen and oxygen atoms in total. The average Bonchev–Trinajstić information content (AvgIpc) is 2.13. The van der Waals surface area contributed by atoms with Crippen LogP contribution in [-0.4, -0.2) is 25.4 Å². The molecule has 2 aliphatic heterocycles. The van der Waals surface area contributed by atoms with Gasteiger partial charge in [-0.25, -0.2) is 0 Å². The highest BCUT2D eigenvalue weighted by Gasteiger charge is 2.44. The molecule has 8 heavy (non-hydrogen) atoms. The molecule has 0 spiro atoms. The summed E-state index contributed by atoms with van der Waals surface area (Å²) in [5, 5.41) is 3.17. The van der Waals surface area contributed by atoms with Crippen LogP contribution in [0.2, 0.25) is 0 Å². The smallest absolute Gasteiger partial charge is 0.133 e. The molecule has 2 heterocycles. The van der Waals surface area contributed by atoms with Crippen molar-refractivity contribution in [3.63, 3.8) is 0 Å². The van der Waals surface area contributed by atoms with Crippen LogP contribution in [-0.2, 0) is 4.74 Å². The van der Waals surface area contributed by atoms with Crippen molar-refractivity contribution in [3.8, 4) is 0 Å². The Balaban J connectivity index is 1.82. The number of hydrogen-bond acceptors (Lipinski definition) is 3. The highest BCUT2D eigenvalue weighted by Crippen LogP contribution is 2.27. The summed E-state index contributed by atoms with van der Waals surface area (Å²) in [6.07, 6.45) is 0.443. The molecule has 3 heteroatoms. The number of nitrogens with one attached hydrogen (secondary N) is 1. The van der Waals surface area contributed by atoms with Crippen LogP contribution in [0, 0.1) is 5.92 Å². The second-order valence-corrected chi connectivity index (χ2v) is 2.48. The zero-order valence-corrected chi connectivity index (χ0v) is 4.63. The summed E-state index contributed by atoms with van der Waals surface area (Å²) < 4.78 is 5.06. The molecule has 2 aliphatic rings. The topological polar surface area (TPSA) is 50.6 Å². The lowest BCUT2D eigenvalue weighted by Crippen LogP contribution is -2.46. The largest absolute Gasteiger partial charge is 0.353 e. The fourth-order valence-corrected chi connectivity index (χ4v) is 1.06. The van der Waals surface area contributed by atoms with E-state index in [0.717, 1.165) is 13.1 Å². The minimum absolute atomic E-state index is 0.0575. The van der Waals surface area contributed by atoms with Crippen molar-refractivity contribution in [2.45, 2.75) is 12.3 Å². The third-order valence-corrected chi connectivity index (χ3v) is 1.84. The Labute approximate surface area is 48.2 Å². The van der Waals surface area contributed by atoms with Gasteiger partial charge in [0.25, 0.3) is 0 Å². The second-order valence-electron chi connectivity index (χ2n) is 2.48. The van der Waals surface area contributed by atoms with Crippen molar-refractivity contribution in [1.82, 2.24) is 5.32 Å². The van der Waals surface area contributed by atoms with E-state index in [9.17, 15) is 0 Å². The van der Waals surface area contributed by atoms with E-state index in [4.69, 9.17) is 10.5 Å². The average molecular weight is 114 g/mol. The SMILES string of the molecule is NC1O[C@@H]1C1CNC1. The predicted octanol–water partition coefficient (Wildman–Crippen LogP) is -1.11. The summed E-state index contributed by atoms with van der Waals surface area (Å²) in [6.45, 7) is 2.19. The quantitative estimate of drug-likeness (QED) is 0.425. The molecule has 0 bridgehead atoms. The van der Waals surface area contributed by atoms with Crippen LogP contribution in [0.15, 0.2) is 0 Å². The number of rotatable bonds is 1. The molecule has 0 aromatic carbocycles. The number of hydrogen-bond donors (Lipinski definition) is 2. The minimum atomic E-state index is 0.0575. The summed E-state index contributed by atoms with van der Waals surface area (Å²) in [5.41, 5.74) is 5.43. The molecule has 0 aromatic heterocycles. The Bertz CT molecular complexity index is 99.8. The zero-order chi connectivity index (χ0) is 5.56. The Morgan fingerprint density at radius 1 is 1.50 bits per heavy atom. The summed E-state index contributed by atoms with van der Waals surface area (Å²) in [6, 6.07) is 0. The molecule has 2 atom stereocenters. The molecule has 0 saturated carbocycles. The van der Waals surface area contributed by atoms with E-state index in [1.807, 2.05) is 0 Å². The van der Waals surface area contributed by atoms with Gasteiger partial charge in [-0.3, -0.25) is 0 Å². The molecule has 0 aromatic rings. The highest BCUT2D eigenvalue weighted by molar-refractivity contribution is 4.93. The van der Waals surface area contributed by atoms with E-state index >= 15 is 0 Å². The first-order chi connectivity index (χ1) is 3.88. The molecule has 3 N–H and O–H groups in total. The van der Waals surface area contributed by atoms with E-state index in [0.29, 0.717) is 12.0 Å². The number of ether oxygens (including phenoxy) is 1. The zero-order valence-electron chi connectivity index (χ0n) is 4.63. The maximum absolute atomic E-state index is 5.43. The Morgan fingerprint density at radius 2 is 2.12 bits per heavy atom. The standard InChI is InChI=1S/C5H10N2O/c6-5-4(8-5)3-1-7-2-3/h3-5,7H,1-2,6H2/t4-,5?/m1/s1. The van der Waals surface area contributed by atoms with E-state index in [-0.39, 0.29) is 6.23 Å². The van der Waals surface area contributed by atoms with Gasteiger partial charge in [-0.1, -0.05) is 0 Å². The first-order valence-electron chi connectivity index (χ1n) is 3.00. The van der Waals surface area contributed by atoms with Crippen LogP contribution >= 0.6 is 0 Å². The fraction of sp³-hybridized carbons (Fsp3) is 1.00. The number of epoxide rings is 1. The van der Waals surface area contributed by atoms with Crippen molar-refractivity contribution >= 4 is 0 Å². The lowest BCUT2D eigenvalue weighted by atomic mass is 9.99. The Kier molecular flexibility index (Phi) is 0.848. The molecular formula is C5H10N2O. The molecule has 2 rings (SSSR count). The molecule has 2 fully saturated rings. The van der Waals surface area contributed by atoms with E-state index in [2.05, 4.69) is 5.32 Å². The van der Waals surface area contributed by atoms with Gasteiger partial charge in [-0.15, -0.1) is 0 Å². The lowest BCUT2D eigenvalue weighted by molar-refractivity contribution is 0.252. The van der Waals surface area contributed by atoms with Crippen LogP contribution in [0.3, 0.4) is 0 Å². The van der Waals surface area contributed by atoms with Crippen molar-refractivity contribution in [3.05, 3.63) is 0 Å². The third kappa shape index (κ3) is 0.555. The highest BCUT2D eigenvalue weighted by atomic mass is 16.6. The van der Waals surface area contributed by atoms with E-state index in [1.54, 1.807) is 0 Å². The third-order valence-electron chi connectivity index (χ3n) is 1.84. The summed E-state index contributed by atoms with van der Waals surface area (Å²) in [7, 11) is 0. The van der Waals surface area contributed by atoms with Crippen LogP contribution in [0.25, 0.3) is 0 Å². The molecule has 0 aliphatic carbocycles. The van der Waals surface area contributed by atoms with Crippen LogP contribution in [0.5, 0.6) is 0 Å². The predicted molar refractivity (Wildman–Crippen MR) is 29.2 cm³/mol. The van der Waals surface area contributed by atoms with Gasteiger partial charge in [-0.05, 0) is 0 Å². The van der Waals surface area contributed by atoms with Gasteiger partial charge < -0.3 is 15.8 Å². The summed E-state index contributed by atoms with van der Waals surface area (Å²) in [4.78, 5) is 0. The Morgan fingerprint density at radius 3 is 2.25 bits per heavy atom. The first kappa shape index (κ1) is 4.73. The van der Waals surface area contributed by atoms with Gasteiger partial charge in [0.2, 0.25) is 0 Å². The van der Waals surface area contributed by atoms with Crippen LogP contribution < -0.4 is 11.1 Å². The van der Waals surface area contributed by atoms with Gasteiger partial charge in [0.1, 0.15) is 12.3 Å². The summed E-state index contributed by atoms with van der Waals surface area (Å²) in [5.74, 6) is 0.713. The van der Waals surface area contributed by atoms with Gasteiger partial charge in [0.15, 0.2) is 0 Å². The normalized spacial score (nSPS) is 46.1. The van der Waals surface area contributed by atoms with Crippen molar-refractivity contribution in [2.24, 2.45) is 11.7 Å². The first-order valence-corrected chi connectivity index (χ1v) is 3.00. The van der Waals surface area contributed by atoms with Gasteiger partial charge in [-0.2, -0.15) is 0 Å². The molecule has 0 amide bonds. The molecule has 2 saturated heterocycles. The molecule has 46 valence electrons. The van der Waals surface area contributed by atoms with E-state index in [1.165, 1.54) is 0 Å². The van der Waals surface area contributed by atoms with Gasteiger partial charge in [0.05, 0.1) is 0 Å². The maximum atomic E-state index is 5.43. The van der Waals surface area contributed by atoms with Crippen LogP contribution in [0.4, 0.5) is 0 Å². The van der Waals surface area contributed by atoms with Crippen LogP contribution in [0.1, 0.15) is 0 Å². The van der Waals surface area contributed by atoms with Crippen molar-refractivity contribution in [2.75, 3.05) is 13.1 Å². The maximum Gasteiger partial charge on any atom is 0.133 e. The molecular weight excluding hydrogens is 104 g/mol. The van der Waals surface area contributed by atoms with Gasteiger partial charge in [0, 0.05) is 19.0 Å². The summed E-state index contributed by atoms with van der Waals surface area (Å²) >= 11 is 0. The van der Waals surface area contributed by atoms with Crippen molar-refractivity contribution < 1.29 is 4.74 Å². The second kappa shape index (κ2) is 1.43. The number of nitrogens with two attached hydrogens (primary N) is 1. The van der Waals surface area contributed by atoms with Crippen molar-refractivity contribution in [1.29, 1.82) is 0 Å². The van der Waals surface area contributed by atoms with E-state index < -0.39 is 0 Å². The molecule has 1 unspecified atom stereocenters. The van der Waals surface area contributed by atoms with Gasteiger partial charge >= 0.3 is 0 Å². The molecule has 0 radical (unpaired) electrons. The fourth-order valence-electron chi connectivity index (χ4n) is 1.06. The lowest BCUT2D eigenvalue weighted by Gasteiger charge is -2.24. The monoisotopic (exact) mass is 114 g/mol. The Hall–Kier alpha value is -0.120.